The van der Waals surface area contributed by atoms with Gasteiger partial charge in [0.1, 0.15) is 17.0 Å². The summed E-state index contributed by atoms with van der Waals surface area (Å²) in [7, 11) is 0. The summed E-state index contributed by atoms with van der Waals surface area (Å²) in [5.74, 6) is 1.48. The van der Waals surface area contributed by atoms with E-state index in [-0.39, 0.29) is 5.41 Å². The predicted octanol–water partition coefficient (Wildman–Crippen LogP) is 12.4. The van der Waals surface area contributed by atoms with Crippen LogP contribution in [0.1, 0.15) is 76.4 Å². The van der Waals surface area contributed by atoms with E-state index in [1.165, 1.54) is 32.6 Å². The van der Waals surface area contributed by atoms with Gasteiger partial charge in [0.25, 0.3) is 0 Å². The van der Waals surface area contributed by atoms with Crippen molar-refractivity contribution in [3.63, 3.8) is 0 Å². The summed E-state index contributed by atoms with van der Waals surface area (Å²) in [5.41, 5.74) is 12.0. The monoisotopic (exact) mass is 633 g/mol. The smallest absolute Gasteiger partial charge is 0.149 e. The second-order valence-electron chi connectivity index (χ2n) is 14.3. The molecule has 5 aromatic carbocycles. The molecule has 8 aromatic rings. The van der Waals surface area contributed by atoms with Crippen LogP contribution in [-0.2, 0) is 5.41 Å². The van der Waals surface area contributed by atoms with E-state index in [0.29, 0.717) is 11.8 Å². The predicted molar refractivity (Wildman–Crippen MR) is 199 cm³/mol. The van der Waals surface area contributed by atoms with Crippen LogP contribution < -0.4 is 0 Å². The van der Waals surface area contributed by atoms with Crippen LogP contribution in [0.2, 0.25) is 0 Å². The van der Waals surface area contributed by atoms with Crippen molar-refractivity contribution in [2.75, 3.05) is 0 Å². The van der Waals surface area contributed by atoms with Crippen molar-refractivity contribution >= 4 is 54.5 Å². The molecule has 8 rings (SSSR count). The highest BCUT2D eigenvalue weighted by Gasteiger charge is 2.26. The standard InChI is InChI=1S/C42H39N3OS/c1-24(2)30-20-27(26-14-9-8-10-15-26)21-31(25(3)4)38(30)45-35-19-12-11-18-33(35)43-40(45)29-17-13-16-28-32-22-37-34(23-36(32)46-39(28)29)44-41(47-37)42(5,6)7/h8-25H,1-7H3. The topological polar surface area (TPSA) is 43.9 Å². The first kappa shape index (κ1) is 29.6. The molecule has 234 valence electrons. The molecule has 3 heterocycles. The van der Waals surface area contributed by atoms with E-state index in [4.69, 9.17) is 14.4 Å². The lowest BCUT2D eigenvalue weighted by atomic mass is 9.88. The molecule has 0 unspecified atom stereocenters. The van der Waals surface area contributed by atoms with Gasteiger partial charge in [0, 0.05) is 22.3 Å². The van der Waals surface area contributed by atoms with Crippen LogP contribution in [0, 0.1) is 0 Å². The van der Waals surface area contributed by atoms with Gasteiger partial charge in [-0.2, -0.15) is 0 Å². The Balaban J connectivity index is 1.42. The first-order chi connectivity index (χ1) is 22.6. The summed E-state index contributed by atoms with van der Waals surface area (Å²) in [5, 5.41) is 3.34. The van der Waals surface area contributed by atoms with Crippen molar-refractivity contribution < 1.29 is 4.42 Å². The minimum absolute atomic E-state index is 0.00211. The fourth-order valence-electron chi connectivity index (χ4n) is 6.76. The van der Waals surface area contributed by atoms with Gasteiger partial charge in [-0.25, -0.2) is 9.97 Å². The first-order valence-electron chi connectivity index (χ1n) is 16.6. The second kappa shape index (κ2) is 10.9. The zero-order chi connectivity index (χ0) is 32.6. The lowest BCUT2D eigenvalue weighted by Crippen LogP contribution is -2.09. The number of fused-ring (bicyclic) bond motifs is 5. The van der Waals surface area contributed by atoms with Crippen LogP contribution in [0.25, 0.3) is 71.4 Å². The third-order valence-corrected chi connectivity index (χ3v) is 10.6. The lowest BCUT2D eigenvalue weighted by molar-refractivity contribution is 0.587. The highest BCUT2D eigenvalue weighted by atomic mass is 32.1. The fraction of sp³-hybridized carbons (Fsp3) is 0.238. The van der Waals surface area contributed by atoms with E-state index in [2.05, 4.69) is 150 Å². The average molecular weight is 634 g/mol. The van der Waals surface area contributed by atoms with Gasteiger partial charge in [0.15, 0.2) is 0 Å². The van der Waals surface area contributed by atoms with E-state index in [0.717, 1.165) is 54.9 Å². The Morgan fingerprint density at radius 3 is 2.09 bits per heavy atom. The minimum Gasteiger partial charge on any atom is -0.455 e. The Morgan fingerprint density at radius 2 is 1.38 bits per heavy atom. The minimum atomic E-state index is 0.00211. The maximum absolute atomic E-state index is 6.77. The van der Waals surface area contributed by atoms with Crippen LogP contribution in [0.15, 0.2) is 101 Å². The molecule has 47 heavy (non-hydrogen) atoms. The molecule has 0 aliphatic rings. The molecule has 4 nitrogen and oxygen atoms in total. The van der Waals surface area contributed by atoms with Gasteiger partial charge in [0.2, 0.25) is 0 Å². The molecule has 0 spiro atoms. The number of benzene rings is 5. The summed E-state index contributed by atoms with van der Waals surface area (Å²) >= 11 is 1.77. The Morgan fingerprint density at radius 1 is 0.681 bits per heavy atom. The number of hydrogen-bond donors (Lipinski definition) is 0. The molecule has 0 aliphatic carbocycles. The summed E-state index contributed by atoms with van der Waals surface area (Å²) in [6.45, 7) is 15.8. The van der Waals surface area contributed by atoms with Crippen LogP contribution in [-0.4, -0.2) is 14.5 Å². The van der Waals surface area contributed by atoms with E-state index in [9.17, 15) is 0 Å². The zero-order valence-corrected chi connectivity index (χ0v) is 28.9. The van der Waals surface area contributed by atoms with Gasteiger partial charge in [-0.05, 0) is 70.5 Å². The van der Waals surface area contributed by atoms with Gasteiger partial charge in [-0.3, -0.25) is 4.57 Å². The summed E-state index contributed by atoms with van der Waals surface area (Å²) in [6.07, 6.45) is 0. The van der Waals surface area contributed by atoms with E-state index >= 15 is 0 Å². The number of furan rings is 1. The third kappa shape index (κ3) is 4.87. The quantitative estimate of drug-likeness (QED) is 0.189. The van der Waals surface area contributed by atoms with Crippen LogP contribution >= 0.6 is 11.3 Å². The molecular weight excluding hydrogens is 595 g/mol. The number of rotatable bonds is 5. The first-order valence-corrected chi connectivity index (χ1v) is 17.4. The Kier molecular flexibility index (Phi) is 6.89. The zero-order valence-electron chi connectivity index (χ0n) is 28.1. The summed E-state index contributed by atoms with van der Waals surface area (Å²) in [4.78, 5) is 10.3. The van der Waals surface area contributed by atoms with Gasteiger partial charge in [-0.1, -0.05) is 103 Å². The molecule has 0 saturated carbocycles. The maximum atomic E-state index is 6.77. The largest absolute Gasteiger partial charge is 0.455 e. The van der Waals surface area contributed by atoms with Crippen LogP contribution in [0.5, 0.6) is 0 Å². The van der Waals surface area contributed by atoms with Crippen molar-refractivity contribution in [3.05, 3.63) is 113 Å². The SMILES string of the molecule is CC(C)c1cc(-c2ccccc2)cc(C(C)C)c1-n1c(-c2cccc3c2oc2cc4nc(C(C)(C)C)sc4cc23)nc2ccccc21. The number of nitrogens with zero attached hydrogens (tertiary/aromatic N) is 3. The molecular formula is C42H39N3OS. The molecule has 0 amide bonds. The van der Waals surface area contributed by atoms with E-state index in [1.807, 2.05) is 0 Å². The second-order valence-corrected chi connectivity index (χ2v) is 15.3. The molecule has 0 atom stereocenters. The number of thiazole rings is 1. The summed E-state index contributed by atoms with van der Waals surface area (Å²) in [6, 6.07) is 34.8. The average Bonchev–Trinajstić information content (AvgIpc) is 3.76. The number of imidazole rings is 1. The van der Waals surface area contributed by atoms with E-state index in [1.54, 1.807) is 11.3 Å². The Hall–Kier alpha value is -4.74. The molecule has 0 bridgehead atoms. The normalized spacial score (nSPS) is 12.5. The molecule has 0 N–H and O–H groups in total. The molecule has 0 aliphatic heterocycles. The lowest BCUT2D eigenvalue weighted by Gasteiger charge is -2.24. The van der Waals surface area contributed by atoms with Crippen molar-refractivity contribution in [1.29, 1.82) is 0 Å². The van der Waals surface area contributed by atoms with Crippen molar-refractivity contribution in [1.82, 2.24) is 14.5 Å². The Bertz CT molecular complexity index is 2420. The molecule has 0 saturated heterocycles. The number of hydrogen-bond acceptors (Lipinski definition) is 4. The molecule has 0 radical (unpaired) electrons. The molecule has 5 heteroatoms. The van der Waals surface area contributed by atoms with Gasteiger partial charge >= 0.3 is 0 Å². The van der Waals surface area contributed by atoms with Crippen molar-refractivity contribution in [2.45, 2.75) is 65.7 Å². The highest BCUT2D eigenvalue weighted by Crippen LogP contribution is 2.43. The van der Waals surface area contributed by atoms with Gasteiger partial charge in [0.05, 0.1) is 37.5 Å². The Labute approximate surface area is 279 Å². The highest BCUT2D eigenvalue weighted by molar-refractivity contribution is 7.18. The van der Waals surface area contributed by atoms with Crippen molar-refractivity contribution in [2.24, 2.45) is 0 Å². The maximum Gasteiger partial charge on any atom is 0.149 e. The number of aromatic nitrogens is 3. The molecule has 3 aromatic heterocycles. The summed E-state index contributed by atoms with van der Waals surface area (Å²) < 4.78 is 10.4. The van der Waals surface area contributed by atoms with Crippen molar-refractivity contribution in [3.8, 4) is 28.2 Å². The van der Waals surface area contributed by atoms with Gasteiger partial charge < -0.3 is 4.42 Å². The molecule has 0 fully saturated rings. The van der Waals surface area contributed by atoms with E-state index < -0.39 is 0 Å². The fourth-order valence-corrected chi connectivity index (χ4v) is 7.81. The van der Waals surface area contributed by atoms with Crippen LogP contribution in [0.4, 0.5) is 0 Å². The van der Waals surface area contributed by atoms with Crippen LogP contribution in [0.3, 0.4) is 0 Å². The number of para-hydroxylation sites is 3. The van der Waals surface area contributed by atoms with Gasteiger partial charge in [-0.15, -0.1) is 11.3 Å². The third-order valence-electron chi connectivity index (χ3n) is 9.19.